The zero-order valence-electron chi connectivity index (χ0n) is 11.3. The van der Waals surface area contributed by atoms with E-state index in [-0.39, 0.29) is 0 Å². The Kier molecular flexibility index (Phi) is 5.26. The first kappa shape index (κ1) is 13.3. The zero-order valence-corrected chi connectivity index (χ0v) is 11.3. The van der Waals surface area contributed by atoms with Crippen LogP contribution in [0.4, 0.5) is 0 Å². The molecule has 2 aliphatic heterocycles. The van der Waals surface area contributed by atoms with E-state index in [1.54, 1.807) is 0 Å². The summed E-state index contributed by atoms with van der Waals surface area (Å²) in [5.41, 5.74) is 0. The van der Waals surface area contributed by atoms with Gasteiger partial charge in [-0.2, -0.15) is 0 Å². The molecule has 2 saturated heterocycles. The number of aliphatic hydroxyl groups is 1. The van der Waals surface area contributed by atoms with Crippen molar-refractivity contribution >= 4 is 0 Å². The first-order chi connectivity index (χ1) is 8.35. The van der Waals surface area contributed by atoms with Gasteiger partial charge in [-0.1, -0.05) is 13.3 Å². The third-order valence-corrected chi connectivity index (χ3v) is 4.45. The highest BCUT2D eigenvalue weighted by molar-refractivity contribution is 4.86. The van der Waals surface area contributed by atoms with Gasteiger partial charge in [0.25, 0.3) is 0 Å². The van der Waals surface area contributed by atoms with Crippen LogP contribution < -0.4 is 0 Å². The van der Waals surface area contributed by atoms with E-state index in [0.29, 0.717) is 12.6 Å². The third-order valence-electron chi connectivity index (χ3n) is 4.45. The molecule has 2 aliphatic rings. The van der Waals surface area contributed by atoms with Crippen LogP contribution in [0.1, 0.15) is 45.4 Å². The number of piperidine rings is 2. The molecule has 2 heterocycles. The summed E-state index contributed by atoms with van der Waals surface area (Å²) in [5.74, 6) is 0. The zero-order chi connectivity index (χ0) is 12.1. The molecule has 3 heteroatoms. The fourth-order valence-electron chi connectivity index (χ4n) is 3.49. The van der Waals surface area contributed by atoms with Crippen molar-refractivity contribution in [1.29, 1.82) is 0 Å². The van der Waals surface area contributed by atoms with E-state index >= 15 is 0 Å². The van der Waals surface area contributed by atoms with Gasteiger partial charge in [-0.05, 0) is 58.3 Å². The average Bonchev–Trinajstić information content (AvgIpc) is 2.40. The van der Waals surface area contributed by atoms with Gasteiger partial charge in [-0.15, -0.1) is 0 Å². The average molecular weight is 240 g/mol. The quantitative estimate of drug-likeness (QED) is 0.810. The van der Waals surface area contributed by atoms with E-state index in [1.807, 2.05) is 0 Å². The Morgan fingerprint density at radius 3 is 2.47 bits per heavy atom. The fourth-order valence-corrected chi connectivity index (χ4v) is 3.49. The summed E-state index contributed by atoms with van der Waals surface area (Å²) in [6.07, 6.45) is 7.70. The Bertz CT molecular complexity index is 214. The highest BCUT2D eigenvalue weighted by Crippen LogP contribution is 2.25. The van der Waals surface area contributed by atoms with Crippen LogP contribution in [0.3, 0.4) is 0 Å². The molecule has 1 N–H and O–H groups in total. The molecule has 2 rings (SSSR count). The summed E-state index contributed by atoms with van der Waals surface area (Å²) in [6, 6.07) is 1.19. The minimum atomic E-state index is 0.356. The molecule has 0 radical (unpaired) electrons. The Balaban J connectivity index is 1.82. The number of hydrogen-bond acceptors (Lipinski definition) is 3. The van der Waals surface area contributed by atoms with Crippen LogP contribution in [0.25, 0.3) is 0 Å². The number of hydrogen-bond donors (Lipinski definition) is 1. The Morgan fingerprint density at radius 1 is 1.06 bits per heavy atom. The smallest absolute Gasteiger partial charge is 0.0586 e. The highest BCUT2D eigenvalue weighted by atomic mass is 16.3. The lowest BCUT2D eigenvalue weighted by molar-refractivity contribution is 0.0242. The van der Waals surface area contributed by atoms with E-state index < -0.39 is 0 Å². The molecule has 3 nitrogen and oxygen atoms in total. The van der Waals surface area contributed by atoms with E-state index in [0.717, 1.165) is 6.04 Å². The highest BCUT2D eigenvalue weighted by Gasteiger charge is 2.30. The summed E-state index contributed by atoms with van der Waals surface area (Å²) in [6.45, 7) is 7.60. The van der Waals surface area contributed by atoms with Crippen LogP contribution in [0.2, 0.25) is 0 Å². The second-order valence-corrected chi connectivity index (χ2v) is 5.64. The van der Waals surface area contributed by atoms with Gasteiger partial charge in [0.1, 0.15) is 0 Å². The van der Waals surface area contributed by atoms with Crippen molar-refractivity contribution in [2.24, 2.45) is 0 Å². The minimum absolute atomic E-state index is 0.356. The van der Waals surface area contributed by atoms with Gasteiger partial charge in [-0.3, -0.25) is 4.90 Å². The van der Waals surface area contributed by atoms with Crippen molar-refractivity contribution in [1.82, 2.24) is 9.80 Å². The first-order valence-electron chi connectivity index (χ1n) is 7.44. The molecule has 1 atom stereocenters. The van der Waals surface area contributed by atoms with Crippen molar-refractivity contribution in [3.63, 3.8) is 0 Å². The monoisotopic (exact) mass is 240 g/mol. The van der Waals surface area contributed by atoms with Crippen LogP contribution in [0.5, 0.6) is 0 Å². The van der Waals surface area contributed by atoms with Gasteiger partial charge in [0.05, 0.1) is 6.61 Å². The predicted octanol–water partition coefficient (Wildman–Crippen LogP) is 1.71. The van der Waals surface area contributed by atoms with Crippen LogP contribution >= 0.6 is 0 Å². The molecule has 0 saturated carbocycles. The van der Waals surface area contributed by atoms with Crippen LogP contribution in [0, 0.1) is 0 Å². The molecule has 100 valence electrons. The predicted molar refractivity (Wildman–Crippen MR) is 71.2 cm³/mol. The summed E-state index contributed by atoms with van der Waals surface area (Å²) >= 11 is 0. The van der Waals surface area contributed by atoms with Gasteiger partial charge in [-0.25, -0.2) is 0 Å². The molecule has 0 spiro atoms. The maximum Gasteiger partial charge on any atom is 0.0586 e. The van der Waals surface area contributed by atoms with Crippen molar-refractivity contribution in [2.45, 2.75) is 57.5 Å². The summed E-state index contributed by atoms with van der Waals surface area (Å²) in [7, 11) is 0. The summed E-state index contributed by atoms with van der Waals surface area (Å²) in [5, 5.41) is 9.48. The van der Waals surface area contributed by atoms with Crippen molar-refractivity contribution in [3.05, 3.63) is 0 Å². The molecule has 1 unspecified atom stereocenters. The molecular formula is C14H28N2O. The molecule has 2 fully saturated rings. The normalized spacial score (nSPS) is 29.6. The van der Waals surface area contributed by atoms with Crippen molar-refractivity contribution < 1.29 is 5.11 Å². The summed E-state index contributed by atoms with van der Waals surface area (Å²) in [4.78, 5) is 5.20. The lowest BCUT2D eigenvalue weighted by Crippen LogP contribution is -2.52. The van der Waals surface area contributed by atoms with E-state index in [9.17, 15) is 5.11 Å². The number of nitrogens with zero attached hydrogens (tertiary/aromatic N) is 2. The Morgan fingerprint density at radius 2 is 1.82 bits per heavy atom. The molecule has 0 amide bonds. The molecule has 17 heavy (non-hydrogen) atoms. The van der Waals surface area contributed by atoms with Crippen molar-refractivity contribution in [3.8, 4) is 0 Å². The molecule has 0 aliphatic carbocycles. The lowest BCUT2D eigenvalue weighted by Gasteiger charge is -2.44. The standard InChI is InChI=1S/C14H28N2O/c1-2-8-15-10-6-13(7-11-15)16-9-4-3-5-14(16)12-17/h13-14,17H,2-12H2,1H3. The van der Waals surface area contributed by atoms with Crippen LogP contribution in [-0.4, -0.2) is 59.8 Å². The molecule has 0 aromatic rings. The van der Waals surface area contributed by atoms with E-state index in [2.05, 4.69) is 16.7 Å². The van der Waals surface area contributed by atoms with E-state index in [1.165, 1.54) is 64.7 Å². The largest absolute Gasteiger partial charge is 0.395 e. The van der Waals surface area contributed by atoms with Gasteiger partial charge in [0.2, 0.25) is 0 Å². The SMILES string of the molecule is CCCN1CCC(N2CCCCC2CO)CC1. The van der Waals surface area contributed by atoms with Gasteiger partial charge in [0.15, 0.2) is 0 Å². The third kappa shape index (κ3) is 3.43. The van der Waals surface area contributed by atoms with Crippen molar-refractivity contribution in [2.75, 3.05) is 32.8 Å². The maximum absolute atomic E-state index is 9.48. The lowest BCUT2D eigenvalue weighted by atomic mass is 9.95. The maximum atomic E-state index is 9.48. The molecular weight excluding hydrogens is 212 g/mol. The molecule has 0 aromatic carbocycles. The van der Waals surface area contributed by atoms with E-state index in [4.69, 9.17) is 0 Å². The second-order valence-electron chi connectivity index (χ2n) is 5.64. The Labute approximate surface area is 106 Å². The number of aliphatic hydroxyl groups excluding tert-OH is 1. The van der Waals surface area contributed by atoms with Crippen LogP contribution in [0.15, 0.2) is 0 Å². The summed E-state index contributed by atoms with van der Waals surface area (Å²) < 4.78 is 0. The van der Waals surface area contributed by atoms with Gasteiger partial charge >= 0.3 is 0 Å². The Hall–Kier alpha value is -0.120. The number of rotatable bonds is 4. The topological polar surface area (TPSA) is 26.7 Å². The van der Waals surface area contributed by atoms with Gasteiger partial charge in [0, 0.05) is 12.1 Å². The second kappa shape index (κ2) is 6.72. The first-order valence-corrected chi connectivity index (χ1v) is 7.44. The minimum Gasteiger partial charge on any atom is -0.395 e. The number of likely N-dealkylation sites (tertiary alicyclic amines) is 2. The fraction of sp³-hybridized carbons (Fsp3) is 1.00. The van der Waals surface area contributed by atoms with Gasteiger partial charge < -0.3 is 10.0 Å². The molecule has 0 aromatic heterocycles. The molecule has 0 bridgehead atoms. The van der Waals surface area contributed by atoms with Crippen LogP contribution in [-0.2, 0) is 0 Å².